The third-order valence-electron chi connectivity index (χ3n) is 5.49. The highest BCUT2D eigenvalue weighted by Crippen LogP contribution is 2.32. The number of nitrogens with one attached hydrogen (secondary N) is 1. The van der Waals surface area contributed by atoms with E-state index in [0.29, 0.717) is 5.75 Å². The zero-order chi connectivity index (χ0) is 20.8. The van der Waals surface area contributed by atoms with Crippen LogP contribution in [-0.2, 0) is 19.4 Å². The maximum atomic E-state index is 12.3. The third kappa shape index (κ3) is 5.01. The number of amides is 1. The van der Waals surface area contributed by atoms with Crippen LogP contribution in [0.1, 0.15) is 36.5 Å². The van der Waals surface area contributed by atoms with E-state index in [1.807, 2.05) is 30.3 Å². The zero-order valence-corrected chi connectivity index (χ0v) is 17.4. The Morgan fingerprint density at radius 3 is 2.57 bits per heavy atom. The standard InChI is InChI=1S/C26H28N2O2/c1-2-3-7-20-10-12-23(13-11-20)27-26(29)30-24-14-15-25-22(18-24)16-17-28(25)19-21-8-5-4-6-9-21/h4-6,8-15,18H,2-3,7,16-17,19H2,1H3,(H,27,29). The molecule has 4 heteroatoms. The van der Waals surface area contributed by atoms with Crippen LogP contribution in [0.4, 0.5) is 16.2 Å². The number of carbonyl (C=O) groups excluding carboxylic acids is 1. The second-order valence-electron chi connectivity index (χ2n) is 7.76. The second-order valence-corrected chi connectivity index (χ2v) is 7.76. The van der Waals surface area contributed by atoms with Gasteiger partial charge in [-0.1, -0.05) is 55.8 Å². The van der Waals surface area contributed by atoms with Crippen molar-refractivity contribution in [2.45, 2.75) is 39.2 Å². The van der Waals surface area contributed by atoms with Crippen molar-refractivity contribution in [2.75, 3.05) is 16.8 Å². The third-order valence-corrected chi connectivity index (χ3v) is 5.49. The lowest BCUT2D eigenvalue weighted by Crippen LogP contribution is -2.19. The lowest BCUT2D eigenvalue weighted by Gasteiger charge is -2.19. The van der Waals surface area contributed by atoms with Gasteiger partial charge in [-0.3, -0.25) is 5.32 Å². The summed E-state index contributed by atoms with van der Waals surface area (Å²) in [5, 5.41) is 2.81. The minimum Gasteiger partial charge on any atom is -0.410 e. The molecule has 0 unspecified atom stereocenters. The summed E-state index contributed by atoms with van der Waals surface area (Å²) in [6.07, 6.45) is 3.92. The number of benzene rings is 3. The molecule has 1 heterocycles. The Morgan fingerprint density at radius 1 is 1.00 bits per heavy atom. The number of fused-ring (bicyclic) bond motifs is 1. The van der Waals surface area contributed by atoms with Crippen LogP contribution in [0.15, 0.2) is 72.8 Å². The first kappa shape index (κ1) is 20.0. The number of ether oxygens (including phenoxy) is 1. The molecule has 154 valence electrons. The van der Waals surface area contributed by atoms with Crippen molar-refractivity contribution in [3.8, 4) is 5.75 Å². The molecule has 1 aliphatic rings. The van der Waals surface area contributed by atoms with E-state index in [1.165, 1.54) is 35.2 Å². The number of aryl methyl sites for hydroxylation is 1. The number of hydrogen-bond acceptors (Lipinski definition) is 3. The topological polar surface area (TPSA) is 41.6 Å². The number of hydrogen-bond donors (Lipinski definition) is 1. The average molecular weight is 401 g/mol. The molecule has 3 aromatic carbocycles. The van der Waals surface area contributed by atoms with Crippen LogP contribution in [0.5, 0.6) is 5.75 Å². The normalized spacial score (nSPS) is 12.5. The van der Waals surface area contributed by atoms with Crippen LogP contribution >= 0.6 is 0 Å². The summed E-state index contributed by atoms with van der Waals surface area (Å²) < 4.78 is 5.52. The number of anilines is 2. The van der Waals surface area contributed by atoms with Crippen molar-refractivity contribution in [3.05, 3.63) is 89.5 Å². The van der Waals surface area contributed by atoms with Gasteiger partial charge in [-0.15, -0.1) is 0 Å². The van der Waals surface area contributed by atoms with Crippen LogP contribution in [0.25, 0.3) is 0 Å². The molecule has 4 rings (SSSR count). The van der Waals surface area contributed by atoms with Crippen molar-refractivity contribution in [3.63, 3.8) is 0 Å². The van der Waals surface area contributed by atoms with Gasteiger partial charge in [-0.25, -0.2) is 4.79 Å². The van der Waals surface area contributed by atoms with Crippen molar-refractivity contribution in [1.82, 2.24) is 0 Å². The molecule has 0 radical (unpaired) electrons. The van der Waals surface area contributed by atoms with E-state index >= 15 is 0 Å². The Morgan fingerprint density at radius 2 is 1.80 bits per heavy atom. The second kappa shape index (κ2) is 9.49. The minimum atomic E-state index is -0.463. The van der Waals surface area contributed by atoms with E-state index in [-0.39, 0.29) is 0 Å². The van der Waals surface area contributed by atoms with E-state index in [4.69, 9.17) is 4.74 Å². The number of unbranched alkanes of at least 4 members (excludes halogenated alkanes) is 1. The van der Waals surface area contributed by atoms with E-state index in [2.05, 4.69) is 59.6 Å². The van der Waals surface area contributed by atoms with E-state index in [0.717, 1.165) is 31.6 Å². The number of carbonyl (C=O) groups is 1. The van der Waals surface area contributed by atoms with Gasteiger partial charge in [-0.2, -0.15) is 0 Å². The predicted octanol–water partition coefficient (Wildman–Crippen LogP) is 6.20. The van der Waals surface area contributed by atoms with Crippen LogP contribution in [0.2, 0.25) is 0 Å². The maximum absolute atomic E-state index is 12.3. The Labute approximate surface area is 178 Å². The molecule has 0 spiro atoms. The largest absolute Gasteiger partial charge is 0.417 e. The molecule has 0 bridgehead atoms. The number of rotatable bonds is 7. The van der Waals surface area contributed by atoms with Crippen molar-refractivity contribution in [1.29, 1.82) is 0 Å². The molecule has 0 saturated carbocycles. The van der Waals surface area contributed by atoms with Gasteiger partial charge in [0.2, 0.25) is 0 Å². The van der Waals surface area contributed by atoms with Gasteiger partial charge >= 0.3 is 6.09 Å². The Bertz CT molecular complexity index is 984. The smallest absolute Gasteiger partial charge is 0.410 e. The van der Waals surface area contributed by atoms with Crippen LogP contribution in [0, 0.1) is 0 Å². The van der Waals surface area contributed by atoms with Gasteiger partial charge in [0.1, 0.15) is 5.75 Å². The summed E-state index contributed by atoms with van der Waals surface area (Å²) in [7, 11) is 0. The molecule has 0 atom stereocenters. The fourth-order valence-corrected chi connectivity index (χ4v) is 3.86. The van der Waals surface area contributed by atoms with Crippen molar-refractivity contribution >= 4 is 17.5 Å². The highest BCUT2D eigenvalue weighted by Gasteiger charge is 2.20. The predicted molar refractivity (Wildman–Crippen MR) is 122 cm³/mol. The van der Waals surface area contributed by atoms with Gasteiger partial charge in [0.25, 0.3) is 0 Å². The molecule has 0 saturated heterocycles. The van der Waals surface area contributed by atoms with E-state index in [9.17, 15) is 4.79 Å². The molecule has 1 amide bonds. The summed E-state index contributed by atoms with van der Waals surface area (Å²) in [6.45, 7) is 4.05. The van der Waals surface area contributed by atoms with Gasteiger partial charge in [0.15, 0.2) is 0 Å². The first-order chi connectivity index (χ1) is 14.7. The quantitative estimate of drug-likeness (QED) is 0.513. The first-order valence-corrected chi connectivity index (χ1v) is 10.7. The fraction of sp³-hybridized carbons (Fsp3) is 0.269. The summed E-state index contributed by atoms with van der Waals surface area (Å²) >= 11 is 0. The number of nitrogens with zero attached hydrogens (tertiary/aromatic N) is 1. The monoisotopic (exact) mass is 400 g/mol. The molecular formula is C26H28N2O2. The SMILES string of the molecule is CCCCc1ccc(NC(=O)Oc2ccc3c(c2)CCN3Cc2ccccc2)cc1. The lowest BCUT2D eigenvalue weighted by molar-refractivity contribution is 0.215. The minimum absolute atomic E-state index is 0.463. The first-order valence-electron chi connectivity index (χ1n) is 10.7. The molecule has 30 heavy (non-hydrogen) atoms. The average Bonchev–Trinajstić information content (AvgIpc) is 3.16. The molecule has 0 aliphatic carbocycles. The van der Waals surface area contributed by atoms with Gasteiger partial charge in [-0.05, 0) is 66.3 Å². The highest BCUT2D eigenvalue weighted by molar-refractivity contribution is 5.86. The van der Waals surface area contributed by atoms with Crippen LogP contribution in [-0.4, -0.2) is 12.6 Å². The van der Waals surface area contributed by atoms with Gasteiger partial charge < -0.3 is 9.64 Å². The lowest BCUT2D eigenvalue weighted by atomic mass is 10.1. The molecular weight excluding hydrogens is 372 g/mol. The molecule has 3 aromatic rings. The molecule has 1 N–H and O–H groups in total. The van der Waals surface area contributed by atoms with Gasteiger partial charge in [0, 0.05) is 24.5 Å². The van der Waals surface area contributed by atoms with Crippen molar-refractivity contribution in [2.24, 2.45) is 0 Å². The molecule has 4 nitrogen and oxygen atoms in total. The summed E-state index contributed by atoms with van der Waals surface area (Å²) in [5.74, 6) is 0.576. The maximum Gasteiger partial charge on any atom is 0.417 e. The van der Waals surface area contributed by atoms with Crippen molar-refractivity contribution < 1.29 is 9.53 Å². The summed E-state index contributed by atoms with van der Waals surface area (Å²) in [4.78, 5) is 14.7. The molecule has 1 aliphatic heterocycles. The van der Waals surface area contributed by atoms with Crippen LogP contribution < -0.4 is 15.0 Å². The van der Waals surface area contributed by atoms with E-state index < -0.39 is 6.09 Å². The summed E-state index contributed by atoms with van der Waals surface area (Å²) in [5.41, 5.74) is 5.77. The molecule has 0 fully saturated rings. The highest BCUT2D eigenvalue weighted by atomic mass is 16.6. The summed E-state index contributed by atoms with van der Waals surface area (Å²) in [6, 6.07) is 24.3. The molecule has 0 aromatic heterocycles. The zero-order valence-electron chi connectivity index (χ0n) is 17.4. The van der Waals surface area contributed by atoms with Gasteiger partial charge in [0.05, 0.1) is 0 Å². The van der Waals surface area contributed by atoms with Crippen LogP contribution in [0.3, 0.4) is 0 Å². The Kier molecular flexibility index (Phi) is 6.33. The Hall–Kier alpha value is -3.27. The Balaban J connectivity index is 1.35. The fourth-order valence-electron chi connectivity index (χ4n) is 3.86. The van der Waals surface area contributed by atoms with E-state index in [1.54, 1.807) is 0 Å².